The van der Waals surface area contributed by atoms with Crippen molar-refractivity contribution in [3.05, 3.63) is 47.8 Å². The van der Waals surface area contributed by atoms with Gasteiger partial charge in [-0.1, -0.05) is 6.07 Å². The molecule has 1 aromatic heterocycles. The second-order valence-corrected chi connectivity index (χ2v) is 5.83. The van der Waals surface area contributed by atoms with Gasteiger partial charge in [-0.05, 0) is 24.3 Å². The summed E-state index contributed by atoms with van der Waals surface area (Å²) in [7, 11) is 3.05. The number of pyridine rings is 1. The molecule has 1 aliphatic rings. The van der Waals surface area contributed by atoms with Crippen molar-refractivity contribution in [2.45, 2.75) is 0 Å². The molecule has 1 fully saturated rings. The highest BCUT2D eigenvalue weighted by molar-refractivity contribution is 6.04. The van der Waals surface area contributed by atoms with E-state index in [0.29, 0.717) is 43.5 Å². The monoisotopic (exact) mass is 371 g/mol. The van der Waals surface area contributed by atoms with Crippen LogP contribution < -0.4 is 14.8 Å². The van der Waals surface area contributed by atoms with Crippen LogP contribution in [0.5, 0.6) is 11.5 Å². The third-order valence-electron chi connectivity index (χ3n) is 4.16. The normalized spacial score (nSPS) is 13.8. The van der Waals surface area contributed by atoms with Crippen molar-refractivity contribution >= 4 is 17.5 Å². The molecule has 27 heavy (non-hydrogen) atoms. The number of anilines is 1. The second-order valence-electron chi connectivity index (χ2n) is 5.83. The van der Waals surface area contributed by atoms with Gasteiger partial charge >= 0.3 is 0 Å². The molecule has 0 spiro atoms. The maximum atomic E-state index is 12.6. The van der Waals surface area contributed by atoms with E-state index in [2.05, 4.69) is 10.3 Å². The lowest BCUT2D eigenvalue weighted by Gasteiger charge is -2.26. The molecule has 8 nitrogen and oxygen atoms in total. The Bertz CT molecular complexity index is 834. The molecule has 8 heteroatoms. The van der Waals surface area contributed by atoms with E-state index in [1.807, 2.05) is 0 Å². The largest absolute Gasteiger partial charge is 0.497 e. The third-order valence-corrected chi connectivity index (χ3v) is 4.16. The van der Waals surface area contributed by atoms with E-state index in [1.165, 1.54) is 7.11 Å². The molecule has 1 N–H and O–H groups in total. The van der Waals surface area contributed by atoms with Gasteiger partial charge in [-0.3, -0.25) is 9.59 Å². The predicted molar refractivity (Wildman–Crippen MR) is 98.5 cm³/mol. The minimum atomic E-state index is -0.435. The molecule has 1 saturated heterocycles. The fourth-order valence-electron chi connectivity index (χ4n) is 2.70. The Morgan fingerprint density at radius 2 is 1.81 bits per heavy atom. The first-order valence-corrected chi connectivity index (χ1v) is 8.50. The molecule has 0 unspecified atom stereocenters. The zero-order chi connectivity index (χ0) is 19.2. The van der Waals surface area contributed by atoms with E-state index in [4.69, 9.17) is 14.2 Å². The molecule has 0 aliphatic carbocycles. The lowest BCUT2D eigenvalue weighted by molar-refractivity contribution is 0.0299. The Balaban J connectivity index is 1.76. The number of nitrogens with one attached hydrogen (secondary N) is 1. The van der Waals surface area contributed by atoms with Gasteiger partial charge in [0.1, 0.15) is 22.9 Å². The summed E-state index contributed by atoms with van der Waals surface area (Å²) in [6, 6.07) is 9.86. The molecule has 1 aromatic carbocycles. The number of benzene rings is 1. The molecule has 0 atom stereocenters. The van der Waals surface area contributed by atoms with E-state index in [0.717, 1.165) is 0 Å². The van der Waals surface area contributed by atoms with Crippen LogP contribution >= 0.6 is 0 Å². The highest BCUT2D eigenvalue weighted by Crippen LogP contribution is 2.29. The Morgan fingerprint density at radius 1 is 1.07 bits per heavy atom. The number of nitrogens with zero attached hydrogens (tertiary/aromatic N) is 2. The van der Waals surface area contributed by atoms with Gasteiger partial charge in [-0.25, -0.2) is 4.98 Å². The van der Waals surface area contributed by atoms with E-state index in [9.17, 15) is 9.59 Å². The summed E-state index contributed by atoms with van der Waals surface area (Å²) >= 11 is 0. The number of aromatic nitrogens is 1. The molecule has 1 aliphatic heterocycles. The van der Waals surface area contributed by atoms with Gasteiger partial charge in [0.2, 0.25) is 0 Å². The summed E-state index contributed by atoms with van der Waals surface area (Å²) in [5.74, 6) is 0.425. The molecule has 0 saturated carbocycles. The maximum absolute atomic E-state index is 12.6. The molecule has 2 amide bonds. The summed E-state index contributed by atoms with van der Waals surface area (Å²) in [5.41, 5.74) is 0.855. The van der Waals surface area contributed by atoms with Gasteiger partial charge in [0.25, 0.3) is 11.8 Å². The topological polar surface area (TPSA) is 90.0 Å². The van der Waals surface area contributed by atoms with Crippen LogP contribution in [0.4, 0.5) is 5.69 Å². The Labute approximate surface area is 157 Å². The number of ether oxygens (including phenoxy) is 3. The summed E-state index contributed by atoms with van der Waals surface area (Å²) in [4.78, 5) is 31.0. The van der Waals surface area contributed by atoms with Crippen LogP contribution in [-0.2, 0) is 4.74 Å². The van der Waals surface area contributed by atoms with Crippen LogP contribution in [0.2, 0.25) is 0 Å². The van der Waals surface area contributed by atoms with Gasteiger partial charge in [-0.2, -0.15) is 0 Å². The van der Waals surface area contributed by atoms with E-state index < -0.39 is 5.91 Å². The van der Waals surface area contributed by atoms with Crippen LogP contribution in [-0.4, -0.2) is 62.2 Å². The van der Waals surface area contributed by atoms with Gasteiger partial charge in [0, 0.05) is 19.2 Å². The van der Waals surface area contributed by atoms with Crippen molar-refractivity contribution in [3.8, 4) is 11.5 Å². The molecular weight excluding hydrogens is 350 g/mol. The number of carbonyl (C=O) groups is 2. The van der Waals surface area contributed by atoms with Crippen molar-refractivity contribution in [2.24, 2.45) is 0 Å². The van der Waals surface area contributed by atoms with Crippen molar-refractivity contribution in [2.75, 3.05) is 45.8 Å². The van der Waals surface area contributed by atoms with Crippen LogP contribution in [0.1, 0.15) is 21.0 Å². The minimum absolute atomic E-state index is 0.145. The van der Waals surface area contributed by atoms with Crippen LogP contribution in [0.3, 0.4) is 0 Å². The lowest BCUT2D eigenvalue weighted by Crippen LogP contribution is -2.41. The number of rotatable bonds is 5. The fourth-order valence-corrected chi connectivity index (χ4v) is 2.70. The molecule has 3 rings (SSSR count). The van der Waals surface area contributed by atoms with Gasteiger partial charge in [-0.15, -0.1) is 0 Å². The van der Waals surface area contributed by atoms with Gasteiger partial charge < -0.3 is 24.4 Å². The number of carbonyl (C=O) groups excluding carboxylic acids is 2. The first-order valence-electron chi connectivity index (χ1n) is 8.50. The SMILES string of the molecule is COc1ccc(NC(=O)c2cccc(C(=O)N3CCOCC3)n2)c(OC)c1. The Hall–Kier alpha value is -3.13. The first kappa shape index (κ1) is 18.7. The smallest absolute Gasteiger partial charge is 0.274 e. The molecular formula is C19H21N3O5. The van der Waals surface area contributed by atoms with Crippen LogP contribution in [0.15, 0.2) is 36.4 Å². The highest BCUT2D eigenvalue weighted by Gasteiger charge is 2.21. The second kappa shape index (κ2) is 8.50. The summed E-state index contributed by atoms with van der Waals surface area (Å²) in [6.45, 7) is 2.03. The average Bonchev–Trinajstić information content (AvgIpc) is 2.74. The van der Waals surface area contributed by atoms with Crippen molar-refractivity contribution in [3.63, 3.8) is 0 Å². The number of hydrogen-bond acceptors (Lipinski definition) is 6. The number of amides is 2. The summed E-state index contributed by atoms with van der Waals surface area (Å²) in [5, 5.41) is 2.75. The minimum Gasteiger partial charge on any atom is -0.497 e. The van der Waals surface area contributed by atoms with Crippen molar-refractivity contribution in [1.29, 1.82) is 0 Å². The standard InChI is InChI=1S/C19H21N3O5/c1-25-13-6-7-14(17(12-13)26-2)21-18(23)15-4-3-5-16(20-15)19(24)22-8-10-27-11-9-22/h3-7,12H,8-11H2,1-2H3,(H,21,23). The third kappa shape index (κ3) is 4.35. The molecule has 2 aromatic rings. The molecule has 2 heterocycles. The zero-order valence-electron chi connectivity index (χ0n) is 15.2. The molecule has 142 valence electrons. The predicted octanol–water partition coefficient (Wildman–Crippen LogP) is 1.82. The quantitative estimate of drug-likeness (QED) is 0.862. The number of morpholine rings is 1. The number of methoxy groups -OCH3 is 2. The average molecular weight is 371 g/mol. The van der Waals surface area contributed by atoms with Crippen molar-refractivity contribution in [1.82, 2.24) is 9.88 Å². The number of hydrogen-bond donors (Lipinski definition) is 1. The van der Waals surface area contributed by atoms with Gasteiger partial charge in [0.15, 0.2) is 0 Å². The summed E-state index contributed by atoms with van der Waals surface area (Å²) < 4.78 is 15.7. The first-order chi connectivity index (χ1) is 13.1. The lowest BCUT2D eigenvalue weighted by atomic mass is 10.2. The fraction of sp³-hybridized carbons (Fsp3) is 0.316. The van der Waals surface area contributed by atoms with Gasteiger partial charge in [0.05, 0.1) is 33.1 Å². The molecule has 0 bridgehead atoms. The van der Waals surface area contributed by atoms with Crippen LogP contribution in [0.25, 0.3) is 0 Å². The van der Waals surface area contributed by atoms with Crippen molar-refractivity contribution < 1.29 is 23.8 Å². The van der Waals surface area contributed by atoms with Crippen LogP contribution in [0, 0.1) is 0 Å². The Kier molecular flexibility index (Phi) is 5.87. The van der Waals surface area contributed by atoms with E-state index in [-0.39, 0.29) is 17.3 Å². The Morgan fingerprint density at radius 3 is 2.52 bits per heavy atom. The van der Waals surface area contributed by atoms with E-state index >= 15 is 0 Å². The zero-order valence-corrected chi connectivity index (χ0v) is 15.2. The highest BCUT2D eigenvalue weighted by atomic mass is 16.5. The summed E-state index contributed by atoms with van der Waals surface area (Å²) in [6.07, 6.45) is 0. The molecule has 0 radical (unpaired) electrons. The van der Waals surface area contributed by atoms with E-state index in [1.54, 1.807) is 48.4 Å². The maximum Gasteiger partial charge on any atom is 0.274 e.